The van der Waals surface area contributed by atoms with Crippen LogP contribution in [-0.2, 0) is 6.42 Å². The van der Waals surface area contributed by atoms with Gasteiger partial charge in [0.15, 0.2) is 0 Å². The number of unbranched alkanes of at least 4 members (excludes halogenated alkanes) is 1. The summed E-state index contributed by atoms with van der Waals surface area (Å²) in [5.41, 5.74) is 10.5. The molecule has 0 aliphatic heterocycles. The fourth-order valence-electron chi connectivity index (χ4n) is 3.53. The Morgan fingerprint density at radius 1 is 0.893 bits per heavy atom. The van der Waals surface area contributed by atoms with Gasteiger partial charge in [0.05, 0.1) is 5.69 Å². The maximum absolute atomic E-state index is 6.22. The minimum Gasteiger partial charge on any atom is -0.457 e. The van der Waals surface area contributed by atoms with Gasteiger partial charge < -0.3 is 15.5 Å². The smallest absolute Gasteiger partial charge is 0.136 e. The highest BCUT2D eigenvalue weighted by atomic mass is 127. The van der Waals surface area contributed by atoms with Crippen molar-refractivity contribution in [1.82, 2.24) is 4.98 Å². The molecule has 0 atom stereocenters. The van der Waals surface area contributed by atoms with Crippen molar-refractivity contribution < 1.29 is 4.74 Å². The van der Waals surface area contributed by atoms with Crippen molar-refractivity contribution in [3.05, 3.63) is 81.9 Å². The normalized spacial score (nSPS) is 11.1. The van der Waals surface area contributed by atoms with Crippen LogP contribution in [0.1, 0.15) is 18.4 Å². The molecule has 0 aliphatic carbocycles. The lowest BCUT2D eigenvalue weighted by molar-refractivity contribution is 0.484. The molecule has 4 aromatic rings. The van der Waals surface area contributed by atoms with E-state index >= 15 is 0 Å². The number of ether oxygens (including phenoxy) is 1. The number of nitrogens with one attached hydrogen (secondary N) is 1. The molecule has 142 valence electrons. The van der Waals surface area contributed by atoms with E-state index < -0.39 is 0 Å². The molecule has 0 amide bonds. The van der Waals surface area contributed by atoms with E-state index in [1.54, 1.807) is 0 Å². The summed E-state index contributed by atoms with van der Waals surface area (Å²) in [6.45, 7) is 0.725. The van der Waals surface area contributed by atoms with Crippen LogP contribution in [0.25, 0.3) is 22.2 Å². The molecule has 3 N–H and O–H groups in total. The minimum atomic E-state index is 0.725. The average Bonchev–Trinajstić information content (AvgIpc) is 3.07. The minimum absolute atomic E-state index is 0.725. The van der Waals surface area contributed by atoms with Gasteiger partial charge in [-0.1, -0.05) is 30.3 Å². The van der Waals surface area contributed by atoms with Crippen LogP contribution >= 0.6 is 22.6 Å². The largest absolute Gasteiger partial charge is 0.457 e. The first-order chi connectivity index (χ1) is 13.8. The summed E-state index contributed by atoms with van der Waals surface area (Å²) in [6, 6.07) is 24.7. The first-order valence-corrected chi connectivity index (χ1v) is 10.7. The molecule has 3 aromatic carbocycles. The first kappa shape index (κ1) is 19.0. The molecule has 1 aromatic heterocycles. The molecule has 3 nitrogen and oxygen atoms in total. The number of nitrogens with two attached hydrogens (primary N) is 1. The van der Waals surface area contributed by atoms with Crippen molar-refractivity contribution in [2.45, 2.75) is 19.3 Å². The summed E-state index contributed by atoms with van der Waals surface area (Å²) in [4.78, 5) is 3.65. The average molecular weight is 482 g/mol. The van der Waals surface area contributed by atoms with Crippen molar-refractivity contribution in [3.63, 3.8) is 0 Å². The van der Waals surface area contributed by atoms with Gasteiger partial charge in [0.2, 0.25) is 0 Å². The van der Waals surface area contributed by atoms with Crippen LogP contribution in [0.2, 0.25) is 0 Å². The quantitative estimate of drug-likeness (QED) is 0.233. The number of hydrogen-bond donors (Lipinski definition) is 2. The van der Waals surface area contributed by atoms with Crippen molar-refractivity contribution in [3.8, 4) is 22.8 Å². The number of aromatic amines is 1. The predicted octanol–water partition coefficient (Wildman–Crippen LogP) is 6.51. The highest BCUT2D eigenvalue weighted by molar-refractivity contribution is 14.1. The Balaban J connectivity index is 1.81. The van der Waals surface area contributed by atoms with Crippen molar-refractivity contribution in [2.75, 3.05) is 6.54 Å². The molecule has 4 rings (SSSR count). The Labute approximate surface area is 179 Å². The van der Waals surface area contributed by atoms with Gasteiger partial charge in [-0.05, 0) is 96.4 Å². The van der Waals surface area contributed by atoms with Crippen LogP contribution in [0.15, 0.2) is 72.8 Å². The summed E-state index contributed by atoms with van der Waals surface area (Å²) in [5, 5.41) is 1.29. The molecule has 0 saturated heterocycles. The zero-order valence-corrected chi connectivity index (χ0v) is 17.8. The van der Waals surface area contributed by atoms with Crippen LogP contribution < -0.4 is 10.5 Å². The SMILES string of the molecule is NCCCCc1c(-c2ccccc2Oc2ccccc2)[nH]c2ccc(I)cc12. The lowest BCUT2D eigenvalue weighted by Crippen LogP contribution is -1.99. The summed E-state index contributed by atoms with van der Waals surface area (Å²) in [5.74, 6) is 1.69. The Bertz CT molecular complexity index is 1070. The van der Waals surface area contributed by atoms with Crippen molar-refractivity contribution in [2.24, 2.45) is 5.73 Å². The van der Waals surface area contributed by atoms with Gasteiger partial charge in [0.1, 0.15) is 11.5 Å². The number of benzene rings is 3. The Morgan fingerprint density at radius 2 is 1.68 bits per heavy atom. The summed E-state index contributed by atoms with van der Waals surface area (Å²) in [7, 11) is 0. The van der Waals surface area contributed by atoms with E-state index in [2.05, 4.69) is 57.9 Å². The molecule has 28 heavy (non-hydrogen) atoms. The van der Waals surface area contributed by atoms with Gasteiger partial charge in [-0.2, -0.15) is 0 Å². The number of hydrogen-bond acceptors (Lipinski definition) is 2. The highest BCUT2D eigenvalue weighted by Gasteiger charge is 2.17. The van der Waals surface area contributed by atoms with Gasteiger partial charge in [-0.25, -0.2) is 0 Å². The lowest BCUT2D eigenvalue weighted by Gasteiger charge is -2.12. The van der Waals surface area contributed by atoms with E-state index in [0.29, 0.717) is 0 Å². The fraction of sp³-hybridized carbons (Fsp3) is 0.167. The molecular weight excluding hydrogens is 459 g/mol. The van der Waals surface area contributed by atoms with E-state index in [0.717, 1.165) is 54.1 Å². The van der Waals surface area contributed by atoms with Crippen molar-refractivity contribution in [1.29, 1.82) is 0 Å². The molecular formula is C24H23IN2O. The van der Waals surface area contributed by atoms with Gasteiger partial charge in [0.25, 0.3) is 0 Å². The Kier molecular flexibility index (Phi) is 5.98. The van der Waals surface area contributed by atoms with E-state index in [4.69, 9.17) is 10.5 Å². The second kappa shape index (κ2) is 8.80. The molecule has 1 heterocycles. The van der Waals surface area contributed by atoms with Gasteiger partial charge >= 0.3 is 0 Å². The monoisotopic (exact) mass is 482 g/mol. The second-order valence-corrected chi connectivity index (χ2v) is 8.07. The van der Waals surface area contributed by atoms with Crippen molar-refractivity contribution >= 4 is 33.5 Å². The second-order valence-electron chi connectivity index (χ2n) is 6.83. The van der Waals surface area contributed by atoms with E-state index in [1.165, 1.54) is 14.5 Å². The number of H-pyrrole nitrogens is 1. The molecule has 0 bridgehead atoms. The zero-order chi connectivity index (χ0) is 19.3. The zero-order valence-electron chi connectivity index (χ0n) is 15.6. The number of rotatable bonds is 7. The van der Waals surface area contributed by atoms with Crippen LogP contribution in [0.3, 0.4) is 0 Å². The van der Waals surface area contributed by atoms with Gasteiger partial charge in [0, 0.05) is 20.0 Å². The van der Waals surface area contributed by atoms with Crippen LogP contribution in [0.5, 0.6) is 11.5 Å². The predicted molar refractivity (Wildman–Crippen MR) is 125 cm³/mol. The maximum Gasteiger partial charge on any atom is 0.136 e. The molecule has 4 heteroatoms. The molecule has 0 aliphatic rings. The van der Waals surface area contributed by atoms with E-state index in [-0.39, 0.29) is 0 Å². The third-order valence-corrected chi connectivity index (χ3v) is 5.55. The summed E-state index contributed by atoms with van der Waals surface area (Å²) in [6.07, 6.45) is 3.09. The summed E-state index contributed by atoms with van der Waals surface area (Å²) < 4.78 is 7.46. The number of fused-ring (bicyclic) bond motifs is 1. The van der Waals surface area contributed by atoms with Crippen LogP contribution in [0.4, 0.5) is 0 Å². The molecule has 0 fully saturated rings. The first-order valence-electron chi connectivity index (χ1n) is 9.59. The number of halogens is 1. The highest BCUT2D eigenvalue weighted by Crippen LogP contribution is 2.38. The lowest BCUT2D eigenvalue weighted by atomic mass is 10.00. The topological polar surface area (TPSA) is 51.0 Å². The van der Waals surface area contributed by atoms with Gasteiger partial charge in [-0.15, -0.1) is 0 Å². The number of aryl methyl sites for hydroxylation is 1. The van der Waals surface area contributed by atoms with E-state index in [1.807, 2.05) is 42.5 Å². The fourth-order valence-corrected chi connectivity index (χ4v) is 4.02. The Morgan fingerprint density at radius 3 is 2.50 bits per heavy atom. The Hall–Kier alpha value is -2.31. The van der Waals surface area contributed by atoms with Gasteiger partial charge in [-0.3, -0.25) is 0 Å². The van der Waals surface area contributed by atoms with Crippen LogP contribution in [-0.4, -0.2) is 11.5 Å². The summed E-state index contributed by atoms with van der Waals surface area (Å²) >= 11 is 2.38. The molecule has 0 radical (unpaired) electrons. The third kappa shape index (κ3) is 4.08. The third-order valence-electron chi connectivity index (χ3n) is 4.88. The van der Waals surface area contributed by atoms with E-state index in [9.17, 15) is 0 Å². The molecule has 0 saturated carbocycles. The standard InChI is InChI=1S/C24H23IN2O/c25-17-13-14-22-21(16-17)19(10-6-7-15-26)24(27-22)20-11-4-5-12-23(20)28-18-8-2-1-3-9-18/h1-5,8-9,11-14,16,27H,6-7,10,15,26H2. The van der Waals surface area contributed by atoms with Crippen LogP contribution in [0, 0.1) is 3.57 Å². The molecule has 0 unspecified atom stereocenters. The maximum atomic E-state index is 6.22. The number of para-hydroxylation sites is 2. The molecule has 0 spiro atoms. The number of aromatic nitrogens is 1.